The molecule has 2 N–H and O–H groups in total. The number of aromatic nitrogens is 2. The van der Waals surface area contributed by atoms with Crippen molar-refractivity contribution < 1.29 is 28.1 Å². The van der Waals surface area contributed by atoms with Gasteiger partial charge in [0, 0.05) is 24.9 Å². The van der Waals surface area contributed by atoms with Gasteiger partial charge in [-0.1, -0.05) is 0 Å². The molecule has 12 heteroatoms. The number of rotatable bonds is 9. The van der Waals surface area contributed by atoms with Crippen molar-refractivity contribution in [1.82, 2.24) is 15.1 Å². The zero-order valence-electron chi connectivity index (χ0n) is 18.8. The van der Waals surface area contributed by atoms with Crippen LogP contribution in [0.1, 0.15) is 38.1 Å². The fourth-order valence-electron chi connectivity index (χ4n) is 3.25. The van der Waals surface area contributed by atoms with Gasteiger partial charge in [-0.3, -0.25) is 24.4 Å². The Morgan fingerprint density at radius 1 is 1.17 bits per heavy atom. The molecule has 0 unspecified atom stereocenters. The quantitative estimate of drug-likeness (QED) is 0.273. The van der Waals surface area contributed by atoms with Crippen molar-refractivity contribution in [1.29, 1.82) is 0 Å². The van der Waals surface area contributed by atoms with Crippen molar-refractivity contribution in [2.75, 3.05) is 5.32 Å². The van der Waals surface area contributed by atoms with E-state index in [9.17, 15) is 19.7 Å². The van der Waals surface area contributed by atoms with Gasteiger partial charge in [-0.15, -0.1) is 0 Å². The number of anilines is 1. The van der Waals surface area contributed by atoms with Crippen LogP contribution in [0.5, 0.6) is 5.75 Å². The maximum atomic E-state index is 12.7. The molecule has 0 radical (unpaired) electrons. The van der Waals surface area contributed by atoms with Crippen LogP contribution in [0, 0.1) is 17.0 Å². The lowest BCUT2D eigenvalue weighted by Gasteiger charge is -2.06. The third kappa shape index (κ3) is 5.55. The highest BCUT2D eigenvalue weighted by Gasteiger charge is 2.20. The van der Waals surface area contributed by atoms with Gasteiger partial charge in [0.1, 0.15) is 23.9 Å². The molecule has 0 spiro atoms. The second-order valence-electron chi connectivity index (χ2n) is 7.54. The number of furan rings is 2. The first kappa shape index (κ1) is 23.3. The number of carbonyl (C=O) groups is 2. The lowest BCUT2D eigenvalue weighted by molar-refractivity contribution is -0.385. The Morgan fingerprint density at radius 3 is 2.71 bits per heavy atom. The van der Waals surface area contributed by atoms with Gasteiger partial charge in [-0.05, 0) is 43.3 Å². The summed E-state index contributed by atoms with van der Waals surface area (Å²) in [6.07, 6.45) is 3.01. The molecule has 0 bridgehead atoms. The Labute approximate surface area is 198 Å². The Bertz CT molecular complexity index is 1370. The summed E-state index contributed by atoms with van der Waals surface area (Å²) in [5.41, 5.74) is 0.715. The van der Waals surface area contributed by atoms with Crippen molar-refractivity contribution >= 4 is 23.2 Å². The van der Waals surface area contributed by atoms with Gasteiger partial charge in [-0.25, -0.2) is 0 Å². The molecule has 4 rings (SSSR count). The fourth-order valence-corrected chi connectivity index (χ4v) is 3.25. The van der Waals surface area contributed by atoms with Crippen molar-refractivity contribution in [3.05, 3.63) is 93.6 Å². The smallest absolute Gasteiger partial charge is 0.291 e. The molecule has 0 saturated heterocycles. The maximum Gasteiger partial charge on any atom is 0.291 e. The maximum absolute atomic E-state index is 12.7. The molecule has 0 aliphatic rings. The highest BCUT2D eigenvalue weighted by molar-refractivity contribution is 6.07. The summed E-state index contributed by atoms with van der Waals surface area (Å²) in [5, 5.41) is 20.4. The number of hydrogen-bond acceptors (Lipinski definition) is 8. The van der Waals surface area contributed by atoms with E-state index in [2.05, 4.69) is 15.7 Å². The summed E-state index contributed by atoms with van der Waals surface area (Å²) in [7, 11) is 1.63. The van der Waals surface area contributed by atoms with Crippen LogP contribution >= 0.6 is 0 Å². The van der Waals surface area contributed by atoms with Crippen LogP contribution in [0.25, 0.3) is 0 Å². The minimum Gasteiger partial charge on any atom is -0.486 e. The van der Waals surface area contributed by atoms with Gasteiger partial charge < -0.3 is 24.2 Å². The molecule has 0 aliphatic carbocycles. The van der Waals surface area contributed by atoms with Crippen molar-refractivity contribution in [3.8, 4) is 5.75 Å². The van der Waals surface area contributed by atoms with E-state index >= 15 is 0 Å². The van der Waals surface area contributed by atoms with Crippen LogP contribution in [-0.4, -0.2) is 26.5 Å². The van der Waals surface area contributed by atoms with Crippen molar-refractivity contribution in [2.45, 2.75) is 20.1 Å². The predicted molar refractivity (Wildman–Crippen MR) is 122 cm³/mol. The van der Waals surface area contributed by atoms with Gasteiger partial charge in [-0.2, -0.15) is 5.10 Å². The topological polar surface area (TPSA) is 155 Å². The molecular formula is C23H21N5O7. The van der Waals surface area contributed by atoms with E-state index in [-0.39, 0.29) is 36.0 Å². The Kier molecular flexibility index (Phi) is 6.62. The highest BCUT2D eigenvalue weighted by Crippen LogP contribution is 2.24. The number of benzene rings is 1. The minimum absolute atomic E-state index is 0.00118. The molecule has 3 aromatic heterocycles. The molecule has 0 saturated carbocycles. The lowest BCUT2D eigenvalue weighted by atomic mass is 10.2. The van der Waals surface area contributed by atoms with Crippen LogP contribution in [0.3, 0.4) is 0 Å². The summed E-state index contributed by atoms with van der Waals surface area (Å²) in [6.45, 7) is 1.80. The molecule has 2 amide bonds. The van der Waals surface area contributed by atoms with Gasteiger partial charge in [0.25, 0.3) is 17.5 Å². The van der Waals surface area contributed by atoms with Gasteiger partial charge >= 0.3 is 0 Å². The molecule has 3 heterocycles. The summed E-state index contributed by atoms with van der Waals surface area (Å²) < 4.78 is 17.8. The molecule has 0 atom stereocenters. The SMILES string of the molecule is Cc1cc(OCc2ccc(C(=O)Nc3cn(C)nc3C(=O)NCc3ccco3)o2)ccc1[N+](=O)[O-]. The number of amides is 2. The Balaban J connectivity index is 1.37. The van der Waals surface area contributed by atoms with Crippen molar-refractivity contribution in [2.24, 2.45) is 7.05 Å². The van der Waals surface area contributed by atoms with E-state index in [1.165, 1.54) is 35.3 Å². The molecule has 180 valence electrons. The molecule has 1 aromatic carbocycles. The number of nitrogens with zero attached hydrogens (tertiary/aromatic N) is 3. The van der Waals surface area contributed by atoms with Crippen molar-refractivity contribution in [3.63, 3.8) is 0 Å². The monoisotopic (exact) mass is 479 g/mol. The second kappa shape index (κ2) is 9.95. The average Bonchev–Trinajstić information content (AvgIpc) is 3.57. The number of nitro benzene ring substituents is 1. The summed E-state index contributed by atoms with van der Waals surface area (Å²) in [5.74, 6) is 0.327. The van der Waals surface area contributed by atoms with E-state index in [4.69, 9.17) is 13.6 Å². The molecule has 4 aromatic rings. The number of carbonyl (C=O) groups excluding carboxylic acids is 2. The largest absolute Gasteiger partial charge is 0.486 e. The third-order valence-electron chi connectivity index (χ3n) is 4.93. The van der Waals surface area contributed by atoms with Crippen LogP contribution < -0.4 is 15.4 Å². The summed E-state index contributed by atoms with van der Waals surface area (Å²) in [4.78, 5) is 35.7. The predicted octanol–water partition coefficient (Wildman–Crippen LogP) is 3.58. The molecule has 12 nitrogen and oxygen atoms in total. The molecule has 0 fully saturated rings. The van der Waals surface area contributed by atoms with Crippen LogP contribution in [0.4, 0.5) is 11.4 Å². The first-order chi connectivity index (χ1) is 16.8. The number of aryl methyl sites for hydroxylation is 2. The lowest BCUT2D eigenvalue weighted by Crippen LogP contribution is -2.25. The number of hydrogen-bond donors (Lipinski definition) is 2. The first-order valence-corrected chi connectivity index (χ1v) is 10.4. The van der Waals surface area contributed by atoms with E-state index in [1.54, 1.807) is 38.2 Å². The normalized spacial score (nSPS) is 10.7. The Morgan fingerprint density at radius 2 is 2.00 bits per heavy atom. The number of ether oxygens (including phenoxy) is 1. The van der Waals surface area contributed by atoms with Crippen LogP contribution in [-0.2, 0) is 20.2 Å². The molecule has 35 heavy (non-hydrogen) atoms. The van der Waals surface area contributed by atoms with Gasteiger partial charge in [0.2, 0.25) is 0 Å². The number of nitrogens with one attached hydrogen (secondary N) is 2. The van der Waals surface area contributed by atoms with Gasteiger partial charge in [0.05, 0.1) is 23.4 Å². The minimum atomic E-state index is -0.574. The molecule has 0 aliphatic heterocycles. The fraction of sp³-hybridized carbons (Fsp3) is 0.174. The molecular weight excluding hydrogens is 458 g/mol. The second-order valence-corrected chi connectivity index (χ2v) is 7.54. The third-order valence-corrected chi connectivity index (χ3v) is 4.93. The van der Waals surface area contributed by atoms with Crippen LogP contribution in [0.15, 0.2) is 63.8 Å². The average molecular weight is 479 g/mol. The first-order valence-electron chi connectivity index (χ1n) is 10.4. The van der Waals surface area contributed by atoms with E-state index in [0.717, 1.165) is 0 Å². The zero-order valence-corrected chi connectivity index (χ0v) is 18.8. The number of nitro groups is 1. The summed E-state index contributed by atoms with van der Waals surface area (Å²) >= 11 is 0. The van der Waals surface area contributed by atoms with E-state index < -0.39 is 16.7 Å². The Hall–Kier alpha value is -4.87. The highest BCUT2D eigenvalue weighted by atomic mass is 16.6. The zero-order chi connectivity index (χ0) is 24.9. The van der Waals surface area contributed by atoms with E-state index in [1.807, 2.05) is 0 Å². The van der Waals surface area contributed by atoms with Crippen LogP contribution in [0.2, 0.25) is 0 Å². The van der Waals surface area contributed by atoms with E-state index in [0.29, 0.717) is 22.8 Å². The standard InChI is InChI=1S/C23H21N5O7/c1-14-10-15(5-7-19(14)28(31)32)34-13-17-6-8-20(35-17)22(29)25-18-12-27(2)26-21(18)23(30)24-11-16-4-3-9-33-16/h3-10,12H,11,13H2,1-2H3,(H,24,30)(H,25,29). The van der Waals surface area contributed by atoms with Gasteiger partial charge in [0.15, 0.2) is 11.5 Å². The summed E-state index contributed by atoms with van der Waals surface area (Å²) in [6, 6.07) is 10.9.